The Morgan fingerprint density at radius 2 is 1.39 bits per heavy atom. The predicted octanol–water partition coefficient (Wildman–Crippen LogP) is 5.30. The van der Waals surface area contributed by atoms with Crippen molar-refractivity contribution >= 4 is 27.9 Å². The number of halogens is 4. The SMILES string of the molecule is O=C(Oc1ccccc1OC(=O)c1ccc(F)c(F)c1F)c1cccc(Br)c1. The van der Waals surface area contributed by atoms with E-state index < -0.39 is 35.0 Å². The van der Waals surface area contributed by atoms with Crippen LogP contribution in [0, 0.1) is 17.5 Å². The van der Waals surface area contributed by atoms with Crippen molar-refractivity contribution in [2.24, 2.45) is 0 Å². The molecule has 3 aromatic rings. The van der Waals surface area contributed by atoms with Gasteiger partial charge in [0, 0.05) is 4.47 Å². The van der Waals surface area contributed by atoms with Gasteiger partial charge in [0.2, 0.25) is 0 Å². The molecule has 0 aliphatic heterocycles. The van der Waals surface area contributed by atoms with Crippen LogP contribution in [0.1, 0.15) is 20.7 Å². The number of carbonyl (C=O) groups is 2. The summed E-state index contributed by atoms with van der Waals surface area (Å²) >= 11 is 3.24. The Balaban J connectivity index is 1.84. The fraction of sp³-hybridized carbons (Fsp3) is 0. The van der Waals surface area contributed by atoms with Gasteiger partial charge in [0.15, 0.2) is 29.0 Å². The molecule has 0 atom stereocenters. The molecule has 0 amide bonds. The lowest BCUT2D eigenvalue weighted by Crippen LogP contribution is -2.14. The molecule has 0 aliphatic rings. The first-order chi connectivity index (χ1) is 13.4. The van der Waals surface area contributed by atoms with Crippen molar-refractivity contribution in [3.05, 3.63) is 93.7 Å². The summed E-state index contributed by atoms with van der Waals surface area (Å²) in [6.45, 7) is 0. The standard InChI is InChI=1S/C20H10BrF3O4/c21-12-5-3-4-11(10-12)19(25)27-15-6-1-2-7-16(15)28-20(26)13-8-9-14(22)18(24)17(13)23/h1-10H. The van der Waals surface area contributed by atoms with Crippen molar-refractivity contribution in [1.29, 1.82) is 0 Å². The third-order valence-corrected chi connectivity index (χ3v) is 4.06. The van der Waals surface area contributed by atoms with Crippen molar-refractivity contribution in [2.75, 3.05) is 0 Å². The van der Waals surface area contributed by atoms with Crippen LogP contribution in [0.4, 0.5) is 13.2 Å². The van der Waals surface area contributed by atoms with Crippen molar-refractivity contribution in [2.45, 2.75) is 0 Å². The quantitative estimate of drug-likeness (QED) is 0.307. The summed E-state index contributed by atoms with van der Waals surface area (Å²) in [5.41, 5.74) is -0.561. The number of rotatable bonds is 4. The van der Waals surface area contributed by atoms with Crippen LogP contribution in [0.3, 0.4) is 0 Å². The normalized spacial score (nSPS) is 10.4. The second-order valence-electron chi connectivity index (χ2n) is 5.46. The van der Waals surface area contributed by atoms with Gasteiger partial charge in [-0.1, -0.05) is 34.1 Å². The maximum Gasteiger partial charge on any atom is 0.346 e. The molecule has 0 fully saturated rings. The van der Waals surface area contributed by atoms with Crippen LogP contribution in [0.25, 0.3) is 0 Å². The molecule has 0 unspecified atom stereocenters. The summed E-state index contributed by atoms with van der Waals surface area (Å²) in [5, 5.41) is 0. The highest BCUT2D eigenvalue weighted by atomic mass is 79.9. The number of carbonyl (C=O) groups excluding carboxylic acids is 2. The topological polar surface area (TPSA) is 52.6 Å². The average Bonchev–Trinajstić information content (AvgIpc) is 2.67. The lowest BCUT2D eigenvalue weighted by atomic mass is 10.2. The highest BCUT2D eigenvalue weighted by Crippen LogP contribution is 2.29. The molecular weight excluding hydrogens is 441 g/mol. The molecule has 0 bridgehead atoms. The van der Waals surface area contributed by atoms with E-state index in [-0.39, 0.29) is 17.1 Å². The molecule has 0 N–H and O–H groups in total. The number of benzene rings is 3. The first-order valence-corrected chi connectivity index (χ1v) is 8.58. The fourth-order valence-corrected chi connectivity index (χ4v) is 2.63. The van der Waals surface area contributed by atoms with Gasteiger partial charge in [-0.3, -0.25) is 0 Å². The largest absolute Gasteiger partial charge is 0.419 e. The van der Waals surface area contributed by atoms with E-state index in [1.165, 1.54) is 36.4 Å². The maximum atomic E-state index is 13.8. The van der Waals surface area contributed by atoms with Gasteiger partial charge < -0.3 is 9.47 Å². The van der Waals surface area contributed by atoms with E-state index in [1.807, 2.05) is 0 Å². The molecule has 0 aliphatic carbocycles. The molecule has 0 heterocycles. The number of esters is 2. The summed E-state index contributed by atoms with van der Waals surface area (Å²) in [6, 6.07) is 13.5. The number of para-hydroxylation sites is 2. The van der Waals surface area contributed by atoms with Gasteiger partial charge in [-0.15, -0.1) is 0 Å². The van der Waals surface area contributed by atoms with E-state index in [0.29, 0.717) is 10.5 Å². The molecule has 28 heavy (non-hydrogen) atoms. The Hall–Kier alpha value is -3.13. The lowest BCUT2D eigenvalue weighted by Gasteiger charge is -2.11. The third kappa shape index (κ3) is 4.23. The van der Waals surface area contributed by atoms with Gasteiger partial charge in [0.1, 0.15) is 0 Å². The van der Waals surface area contributed by atoms with Crippen LogP contribution >= 0.6 is 15.9 Å². The van der Waals surface area contributed by atoms with Crippen molar-refractivity contribution in [3.63, 3.8) is 0 Å². The molecular formula is C20H10BrF3O4. The van der Waals surface area contributed by atoms with Gasteiger partial charge in [-0.2, -0.15) is 0 Å². The Kier molecular flexibility index (Phi) is 5.79. The minimum absolute atomic E-state index is 0.108. The third-order valence-electron chi connectivity index (χ3n) is 3.57. The lowest BCUT2D eigenvalue weighted by molar-refractivity contribution is 0.0679. The number of hydrogen-bond donors (Lipinski definition) is 0. The maximum absolute atomic E-state index is 13.8. The molecule has 0 spiro atoms. The highest BCUT2D eigenvalue weighted by molar-refractivity contribution is 9.10. The van der Waals surface area contributed by atoms with Crippen LogP contribution in [-0.2, 0) is 0 Å². The zero-order chi connectivity index (χ0) is 20.3. The van der Waals surface area contributed by atoms with E-state index in [1.54, 1.807) is 12.1 Å². The van der Waals surface area contributed by atoms with E-state index in [0.717, 1.165) is 6.07 Å². The minimum atomic E-state index is -1.79. The Labute approximate surface area is 165 Å². The Bertz CT molecular complexity index is 1070. The Morgan fingerprint density at radius 3 is 2.04 bits per heavy atom. The van der Waals surface area contributed by atoms with E-state index >= 15 is 0 Å². The predicted molar refractivity (Wildman–Crippen MR) is 96.8 cm³/mol. The highest BCUT2D eigenvalue weighted by Gasteiger charge is 2.22. The zero-order valence-electron chi connectivity index (χ0n) is 13.9. The van der Waals surface area contributed by atoms with Crippen LogP contribution in [0.2, 0.25) is 0 Å². The molecule has 4 nitrogen and oxygen atoms in total. The van der Waals surface area contributed by atoms with E-state index in [9.17, 15) is 22.8 Å². The van der Waals surface area contributed by atoms with E-state index in [2.05, 4.69) is 15.9 Å². The van der Waals surface area contributed by atoms with Crippen LogP contribution < -0.4 is 9.47 Å². The second-order valence-corrected chi connectivity index (χ2v) is 6.37. The van der Waals surface area contributed by atoms with Gasteiger partial charge in [-0.05, 0) is 42.5 Å². The average molecular weight is 451 g/mol. The van der Waals surface area contributed by atoms with Crippen LogP contribution in [0.5, 0.6) is 11.5 Å². The fourth-order valence-electron chi connectivity index (χ4n) is 2.23. The smallest absolute Gasteiger partial charge is 0.346 e. The molecule has 0 aromatic heterocycles. The molecule has 0 radical (unpaired) electrons. The van der Waals surface area contributed by atoms with Crippen molar-refractivity contribution in [3.8, 4) is 11.5 Å². The molecule has 3 rings (SSSR count). The minimum Gasteiger partial charge on any atom is -0.419 e. The molecule has 142 valence electrons. The summed E-state index contributed by atoms with van der Waals surface area (Å²) in [4.78, 5) is 24.4. The molecule has 8 heteroatoms. The second kappa shape index (κ2) is 8.26. The first kappa shape index (κ1) is 19.6. The first-order valence-electron chi connectivity index (χ1n) is 7.79. The molecule has 0 saturated heterocycles. The Morgan fingerprint density at radius 1 is 0.750 bits per heavy atom. The summed E-state index contributed by atoms with van der Waals surface area (Å²) in [7, 11) is 0. The summed E-state index contributed by atoms with van der Waals surface area (Å²) < 4.78 is 51.0. The van der Waals surface area contributed by atoms with Crippen LogP contribution in [-0.4, -0.2) is 11.9 Å². The van der Waals surface area contributed by atoms with Gasteiger partial charge in [0.05, 0.1) is 11.1 Å². The van der Waals surface area contributed by atoms with Gasteiger partial charge in [0.25, 0.3) is 0 Å². The molecule has 0 saturated carbocycles. The van der Waals surface area contributed by atoms with Crippen LogP contribution in [0.15, 0.2) is 65.1 Å². The zero-order valence-corrected chi connectivity index (χ0v) is 15.5. The monoisotopic (exact) mass is 450 g/mol. The van der Waals surface area contributed by atoms with E-state index in [4.69, 9.17) is 9.47 Å². The number of hydrogen-bond acceptors (Lipinski definition) is 4. The van der Waals surface area contributed by atoms with Gasteiger partial charge in [-0.25, -0.2) is 22.8 Å². The van der Waals surface area contributed by atoms with Gasteiger partial charge >= 0.3 is 11.9 Å². The summed E-state index contributed by atoms with van der Waals surface area (Å²) in [5.74, 6) is -7.19. The number of ether oxygens (including phenoxy) is 2. The summed E-state index contributed by atoms with van der Waals surface area (Å²) in [6.07, 6.45) is 0. The van der Waals surface area contributed by atoms with Crippen molar-refractivity contribution < 1.29 is 32.2 Å². The van der Waals surface area contributed by atoms with Crippen molar-refractivity contribution in [1.82, 2.24) is 0 Å². The molecule has 3 aromatic carbocycles.